The number of hydrogen-bond acceptors (Lipinski definition) is 6. The van der Waals surface area contributed by atoms with Crippen molar-refractivity contribution >= 4 is 11.8 Å². The zero-order valence-electron chi connectivity index (χ0n) is 20.3. The SMILES string of the molecule is C=CC(=O)N(C)CCOc1cnccc1-c1ccc(CNC(=O)c2ncc(C(C)(C)C)o2)cc1F. The molecule has 0 atom stereocenters. The van der Waals surface area contributed by atoms with Crippen LogP contribution in [0.25, 0.3) is 11.1 Å². The van der Waals surface area contributed by atoms with Gasteiger partial charge in [0.15, 0.2) is 0 Å². The summed E-state index contributed by atoms with van der Waals surface area (Å²) in [5, 5.41) is 2.69. The average Bonchev–Trinajstić information content (AvgIpc) is 3.34. The normalized spacial score (nSPS) is 11.1. The fraction of sp³-hybridized carbons (Fsp3) is 0.308. The van der Waals surface area contributed by atoms with Gasteiger partial charge >= 0.3 is 5.91 Å². The molecule has 0 saturated heterocycles. The van der Waals surface area contributed by atoms with Crippen LogP contribution in [0, 0.1) is 5.82 Å². The predicted molar refractivity (Wildman–Crippen MR) is 129 cm³/mol. The van der Waals surface area contributed by atoms with Crippen LogP contribution in [0.5, 0.6) is 5.75 Å². The quantitative estimate of drug-likeness (QED) is 0.463. The lowest BCUT2D eigenvalue weighted by Gasteiger charge is -2.17. The smallest absolute Gasteiger partial charge is 0.307 e. The van der Waals surface area contributed by atoms with Crippen molar-refractivity contribution in [1.29, 1.82) is 0 Å². The molecule has 0 unspecified atom stereocenters. The number of nitrogens with zero attached hydrogens (tertiary/aromatic N) is 3. The lowest BCUT2D eigenvalue weighted by molar-refractivity contribution is -0.125. The van der Waals surface area contributed by atoms with E-state index >= 15 is 4.39 Å². The zero-order valence-corrected chi connectivity index (χ0v) is 20.3. The number of likely N-dealkylation sites (N-methyl/N-ethyl adjacent to an activating group) is 1. The van der Waals surface area contributed by atoms with Crippen LogP contribution in [0.2, 0.25) is 0 Å². The van der Waals surface area contributed by atoms with E-state index in [9.17, 15) is 9.59 Å². The van der Waals surface area contributed by atoms with Crippen molar-refractivity contribution in [1.82, 2.24) is 20.2 Å². The molecule has 0 fully saturated rings. The van der Waals surface area contributed by atoms with Gasteiger partial charge in [-0.15, -0.1) is 0 Å². The second-order valence-electron chi connectivity index (χ2n) is 8.96. The largest absolute Gasteiger partial charge is 0.489 e. The van der Waals surface area contributed by atoms with Crippen molar-refractivity contribution in [2.24, 2.45) is 0 Å². The van der Waals surface area contributed by atoms with Gasteiger partial charge in [0, 0.05) is 36.3 Å². The van der Waals surface area contributed by atoms with E-state index in [1.807, 2.05) is 20.8 Å². The Morgan fingerprint density at radius 3 is 2.66 bits per heavy atom. The standard InChI is InChI=1S/C26H29FN4O4/c1-6-23(32)31(5)11-12-34-21-15-28-10-9-19(21)18-8-7-17(13-20(18)27)14-29-24(33)25-30-16-22(35-25)26(2,3)4/h6-10,13,15-16H,1,11-12,14H2,2-5H3,(H,29,33). The molecule has 2 amide bonds. The highest BCUT2D eigenvalue weighted by atomic mass is 19.1. The summed E-state index contributed by atoms with van der Waals surface area (Å²) in [6, 6.07) is 6.35. The first kappa shape index (κ1) is 25.6. The van der Waals surface area contributed by atoms with Crippen molar-refractivity contribution in [3.05, 3.63) is 78.5 Å². The Bertz CT molecular complexity index is 1220. The number of halogens is 1. The maximum absolute atomic E-state index is 15.0. The van der Waals surface area contributed by atoms with Gasteiger partial charge in [-0.05, 0) is 23.8 Å². The van der Waals surface area contributed by atoms with Gasteiger partial charge in [-0.25, -0.2) is 9.37 Å². The number of benzene rings is 1. The Labute approximate surface area is 203 Å². The van der Waals surface area contributed by atoms with Gasteiger partial charge in [0.2, 0.25) is 5.91 Å². The summed E-state index contributed by atoms with van der Waals surface area (Å²) >= 11 is 0. The fourth-order valence-corrected chi connectivity index (χ4v) is 3.15. The van der Waals surface area contributed by atoms with Gasteiger partial charge in [-0.3, -0.25) is 14.6 Å². The summed E-state index contributed by atoms with van der Waals surface area (Å²) in [5.41, 5.74) is 1.16. The topological polar surface area (TPSA) is 97.6 Å². The Morgan fingerprint density at radius 2 is 2.00 bits per heavy atom. The van der Waals surface area contributed by atoms with Gasteiger partial charge in [0.25, 0.3) is 5.89 Å². The zero-order chi connectivity index (χ0) is 25.6. The first-order valence-corrected chi connectivity index (χ1v) is 11.1. The van der Waals surface area contributed by atoms with Crippen LogP contribution in [-0.2, 0) is 16.8 Å². The van der Waals surface area contributed by atoms with Crippen LogP contribution >= 0.6 is 0 Å². The minimum absolute atomic E-state index is 0.0361. The van der Waals surface area contributed by atoms with Crippen LogP contribution in [0.3, 0.4) is 0 Å². The molecule has 3 rings (SSSR count). The van der Waals surface area contributed by atoms with Gasteiger partial charge in [-0.1, -0.05) is 39.5 Å². The van der Waals surface area contributed by atoms with Crippen LogP contribution in [0.15, 0.2) is 59.9 Å². The van der Waals surface area contributed by atoms with E-state index in [4.69, 9.17) is 9.15 Å². The molecule has 8 nitrogen and oxygen atoms in total. The summed E-state index contributed by atoms with van der Waals surface area (Å²) in [7, 11) is 1.64. The van der Waals surface area contributed by atoms with E-state index in [0.717, 1.165) is 0 Å². The van der Waals surface area contributed by atoms with Gasteiger partial charge < -0.3 is 19.4 Å². The number of nitrogens with one attached hydrogen (secondary N) is 1. The minimum Gasteiger partial charge on any atom is -0.489 e. The Morgan fingerprint density at radius 1 is 1.23 bits per heavy atom. The van der Waals surface area contributed by atoms with Crippen LogP contribution in [0.4, 0.5) is 4.39 Å². The molecule has 2 heterocycles. The maximum atomic E-state index is 15.0. The highest BCUT2D eigenvalue weighted by Gasteiger charge is 2.22. The third-order valence-electron chi connectivity index (χ3n) is 5.24. The molecule has 0 saturated carbocycles. The molecule has 2 aromatic heterocycles. The number of hydrogen-bond donors (Lipinski definition) is 1. The molecule has 9 heteroatoms. The minimum atomic E-state index is -0.477. The van der Waals surface area contributed by atoms with E-state index in [2.05, 4.69) is 21.9 Å². The van der Waals surface area contributed by atoms with Crippen LogP contribution in [0.1, 0.15) is 42.8 Å². The van der Waals surface area contributed by atoms with Crippen molar-refractivity contribution in [3.63, 3.8) is 0 Å². The maximum Gasteiger partial charge on any atom is 0.307 e. The second kappa shape index (κ2) is 10.9. The predicted octanol–water partition coefficient (Wildman–Crippen LogP) is 4.13. The summed E-state index contributed by atoms with van der Waals surface area (Å²) in [6.45, 7) is 9.98. The molecule has 1 N–H and O–H groups in total. The number of ether oxygens (including phenoxy) is 1. The highest BCUT2D eigenvalue weighted by Crippen LogP contribution is 2.31. The Balaban J connectivity index is 1.66. The molecule has 0 aliphatic carbocycles. The third-order valence-corrected chi connectivity index (χ3v) is 5.24. The number of aromatic nitrogens is 2. The number of rotatable bonds is 9. The van der Waals surface area contributed by atoms with Gasteiger partial charge in [-0.2, -0.15) is 0 Å². The van der Waals surface area contributed by atoms with Crippen molar-refractivity contribution < 1.29 is 23.1 Å². The van der Waals surface area contributed by atoms with Crippen molar-refractivity contribution in [2.75, 3.05) is 20.2 Å². The molecular formula is C26H29FN4O4. The average molecular weight is 481 g/mol. The monoisotopic (exact) mass is 480 g/mol. The molecule has 0 aliphatic rings. The Hall–Kier alpha value is -4.01. The fourth-order valence-electron chi connectivity index (χ4n) is 3.15. The third kappa shape index (κ3) is 6.53. The summed E-state index contributed by atoms with van der Waals surface area (Å²) in [5.74, 6) is -0.206. The molecule has 0 bridgehead atoms. The molecule has 0 radical (unpaired) electrons. The molecule has 184 valence electrons. The molecule has 1 aromatic carbocycles. The van der Waals surface area contributed by atoms with E-state index < -0.39 is 11.7 Å². The summed E-state index contributed by atoms with van der Waals surface area (Å²) in [6.07, 6.45) is 5.81. The summed E-state index contributed by atoms with van der Waals surface area (Å²) < 4.78 is 26.3. The summed E-state index contributed by atoms with van der Waals surface area (Å²) in [4.78, 5) is 33.5. The molecule has 0 aliphatic heterocycles. The van der Waals surface area contributed by atoms with Crippen LogP contribution in [-0.4, -0.2) is 46.9 Å². The Kier molecular flexibility index (Phi) is 8.01. The molecule has 0 spiro atoms. The van der Waals surface area contributed by atoms with E-state index in [0.29, 0.717) is 34.7 Å². The second-order valence-corrected chi connectivity index (χ2v) is 8.96. The highest BCUT2D eigenvalue weighted by molar-refractivity contribution is 5.89. The van der Waals surface area contributed by atoms with Gasteiger partial charge in [0.1, 0.15) is 23.9 Å². The number of amides is 2. The van der Waals surface area contributed by atoms with Crippen LogP contribution < -0.4 is 10.1 Å². The number of pyridine rings is 1. The first-order valence-electron chi connectivity index (χ1n) is 11.1. The van der Waals surface area contributed by atoms with Crippen molar-refractivity contribution in [3.8, 4) is 16.9 Å². The lowest BCUT2D eigenvalue weighted by atomic mass is 9.94. The first-order chi connectivity index (χ1) is 16.6. The van der Waals surface area contributed by atoms with Gasteiger partial charge in [0.05, 0.1) is 18.9 Å². The number of oxazole rings is 1. The lowest BCUT2D eigenvalue weighted by Crippen LogP contribution is -2.29. The number of carbonyl (C=O) groups is 2. The van der Waals surface area contributed by atoms with E-state index in [-0.39, 0.29) is 30.4 Å². The van der Waals surface area contributed by atoms with E-state index in [1.165, 1.54) is 29.4 Å². The molecular weight excluding hydrogens is 451 g/mol. The molecule has 3 aromatic rings. The van der Waals surface area contributed by atoms with E-state index in [1.54, 1.807) is 31.4 Å². The number of carbonyl (C=O) groups excluding carboxylic acids is 2. The van der Waals surface area contributed by atoms with Crippen molar-refractivity contribution in [2.45, 2.75) is 32.7 Å². The molecule has 35 heavy (non-hydrogen) atoms.